The minimum atomic E-state index is -0.605. The lowest BCUT2D eigenvalue weighted by atomic mass is 9.73. The molecular weight excluding hydrogens is 445 g/mol. The Labute approximate surface area is 200 Å². The fraction of sp³-hybridized carbons (Fsp3) is 0.385. The van der Waals surface area contributed by atoms with Crippen molar-refractivity contribution < 1.29 is 4.39 Å². The number of rotatable bonds is 3. The topological polar surface area (TPSA) is 117 Å². The Morgan fingerprint density at radius 1 is 1.11 bits per heavy atom. The number of pyridine rings is 1. The van der Waals surface area contributed by atoms with Gasteiger partial charge in [-0.25, -0.2) is 4.39 Å². The SMILES string of the molecule is N[C@@H]1c2ccccc2CC12CCN(c1nc3[nH]nc(C4(c5ccncc5F)CC4)c3c(=O)[nH]1)CC2. The molecule has 178 valence electrons. The molecule has 4 heterocycles. The van der Waals surface area contributed by atoms with E-state index < -0.39 is 5.41 Å². The van der Waals surface area contributed by atoms with Crippen LogP contribution < -0.4 is 16.2 Å². The number of nitrogens with zero attached hydrogens (tertiary/aromatic N) is 4. The van der Waals surface area contributed by atoms with E-state index in [0.29, 0.717) is 28.2 Å². The van der Waals surface area contributed by atoms with Gasteiger partial charge in [-0.3, -0.25) is 19.9 Å². The van der Waals surface area contributed by atoms with Gasteiger partial charge >= 0.3 is 0 Å². The molecule has 4 aromatic rings. The van der Waals surface area contributed by atoms with Gasteiger partial charge in [0.25, 0.3) is 5.56 Å². The van der Waals surface area contributed by atoms with Crippen molar-refractivity contribution in [2.45, 2.75) is 43.6 Å². The number of piperidine rings is 1. The molecular formula is C26H26FN7O. The first-order valence-corrected chi connectivity index (χ1v) is 12.2. The summed E-state index contributed by atoms with van der Waals surface area (Å²) in [6, 6.07) is 10.2. The van der Waals surface area contributed by atoms with Crippen molar-refractivity contribution in [2.75, 3.05) is 18.0 Å². The molecule has 9 heteroatoms. The van der Waals surface area contributed by atoms with E-state index >= 15 is 0 Å². The van der Waals surface area contributed by atoms with Crippen molar-refractivity contribution in [1.29, 1.82) is 0 Å². The molecule has 0 bridgehead atoms. The zero-order valence-corrected chi connectivity index (χ0v) is 19.2. The lowest BCUT2D eigenvalue weighted by molar-refractivity contribution is 0.187. The van der Waals surface area contributed by atoms with E-state index in [9.17, 15) is 9.18 Å². The molecule has 4 N–H and O–H groups in total. The molecule has 0 amide bonds. The summed E-state index contributed by atoms with van der Waals surface area (Å²) < 4.78 is 14.5. The van der Waals surface area contributed by atoms with Crippen molar-refractivity contribution in [3.63, 3.8) is 0 Å². The van der Waals surface area contributed by atoms with E-state index in [2.05, 4.69) is 49.3 Å². The summed E-state index contributed by atoms with van der Waals surface area (Å²) in [7, 11) is 0. The van der Waals surface area contributed by atoms with Crippen LogP contribution in [0.4, 0.5) is 10.3 Å². The van der Waals surface area contributed by atoms with Crippen LogP contribution in [-0.2, 0) is 11.8 Å². The van der Waals surface area contributed by atoms with Crippen LogP contribution in [0.25, 0.3) is 11.0 Å². The van der Waals surface area contributed by atoms with Crippen molar-refractivity contribution in [3.8, 4) is 0 Å². The third-order valence-electron chi connectivity index (χ3n) is 8.56. The second-order valence-electron chi connectivity index (χ2n) is 10.3. The molecule has 0 radical (unpaired) electrons. The smallest absolute Gasteiger partial charge is 0.263 e. The lowest BCUT2D eigenvalue weighted by Crippen LogP contribution is -2.45. The number of H-pyrrole nitrogens is 2. The number of fused-ring (bicyclic) bond motifs is 2. The van der Waals surface area contributed by atoms with Crippen molar-refractivity contribution >= 4 is 17.0 Å². The summed E-state index contributed by atoms with van der Waals surface area (Å²) in [6.45, 7) is 1.53. The van der Waals surface area contributed by atoms with Crippen LogP contribution in [0.1, 0.15) is 54.1 Å². The van der Waals surface area contributed by atoms with Crippen LogP contribution in [0.2, 0.25) is 0 Å². The highest BCUT2D eigenvalue weighted by atomic mass is 19.1. The van der Waals surface area contributed by atoms with Gasteiger partial charge in [0, 0.05) is 36.3 Å². The van der Waals surface area contributed by atoms with Gasteiger partial charge in [-0.15, -0.1) is 0 Å². The Morgan fingerprint density at radius 3 is 2.66 bits per heavy atom. The fourth-order valence-electron chi connectivity index (χ4n) is 6.41. The average molecular weight is 472 g/mol. The van der Waals surface area contributed by atoms with Gasteiger partial charge in [0.15, 0.2) is 5.65 Å². The molecule has 8 nitrogen and oxygen atoms in total. The molecule has 7 rings (SSSR count). The summed E-state index contributed by atoms with van der Waals surface area (Å²) in [4.78, 5) is 26.9. The van der Waals surface area contributed by atoms with Gasteiger partial charge < -0.3 is 10.6 Å². The Bertz CT molecular complexity index is 1510. The Kier molecular flexibility index (Phi) is 4.27. The molecule has 2 aliphatic carbocycles. The molecule has 35 heavy (non-hydrogen) atoms. The molecule has 0 unspecified atom stereocenters. The Hall–Kier alpha value is -3.59. The fourth-order valence-corrected chi connectivity index (χ4v) is 6.41. The molecule has 3 aliphatic rings. The highest BCUT2D eigenvalue weighted by molar-refractivity contribution is 5.80. The first-order chi connectivity index (χ1) is 17.0. The highest BCUT2D eigenvalue weighted by Crippen LogP contribution is 2.54. The predicted octanol–water partition coefficient (Wildman–Crippen LogP) is 3.10. The standard InChI is InChI=1S/C26H26FN7O/c27-18-14-29-10-5-17(18)26(6-7-26)21-19-22(33-32-21)30-24(31-23(19)35)34-11-8-25(9-12-34)13-15-3-1-2-4-16(15)20(25)28/h1-5,10,14,20H,6-9,11-13,28H2,(H2,30,31,32,33,35)/t20-/m1/s1. The molecule has 1 atom stereocenters. The summed E-state index contributed by atoms with van der Waals surface area (Å²) >= 11 is 0. The molecule has 1 aliphatic heterocycles. The van der Waals surface area contributed by atoms with Crippen LogP contribution in [0, 0.1) is 11.2 Å². The molecule has 1 saturated carbocycles. The van der Waals surface area contributed by atoms with Gasteiger partial charge in [0.05, 0.1) is 11.9 Å². The number of halogens is 1. The van der Waals surface area contributed by atoms with Crippen molar-refractivity contribution in [2.24, 2.45) is 11.1 Å². The summed E-state index contributed by atoms with van der Waals surface area (Å²) in [6.07, 6.45) is 7.11. The molecule has 2 fully saturated rings. The summed E-state index contributed by atoms with van der Waals surface area (Å²) in [5, 5.41) is 7.81. The second-order valence-corrected chi connectivity index (χ2v) is 10.3. The average Bonchev–Trinajstić information content (AvgIpc) is 3.47. The number of benzene rings is 1. The maximum atomic E-state index is 14.5. The van der Waals surface area contributed by atoms with Gasteiger partial charge in [0.2, 0.25) is 5.95 Å². The number of hydrogen-bond acceptors (Lipinski definition) is 6. The number of aromatic nitrogens is 5. The van der Waals surface area contributed by atoms with Crippen LogP contribution in [-0.4, -0.2) is 38.2 Å². The zero-order valence-electron chi connectivity index (χ0n) is 19.2. The summed E-state index contributed by atoms with van der Waals surface area (Å²) in [5.74, 6) is 0.160. The monoisotopic (exact) mass is 471 g/mol. The van der Waals surface area contributed by atoms with Gasteiger partial charge in [-0.2, -0.15) is 10.1 Å². The maximum Gasteiger partial charge on any atom is 0.263 e. The Balaban J connectivity index is 1.18. The second kappa shape index (κ2) is 7.21. The Morgan fingerprint density at radius 2 is 1.91 bits per heavy atom. The van der Waals surface area contributed by atoms with Crippen molar-refractivity contribution in [1.82, 2.24) is 25.1 Å². The molecule has 1 aromatic carbocycles. The normalized spacial score (nSPS) is 22.0. The minimum absolute atomic E-state index is 0.0359. The predicted molar refractivity (Wildman–Crippen MR) is 130 cm³/mol. The number of aromatic amines is 2. The third-order valence-corrected chi connectivity index (χ3v) is 8.56. The molecule has 1 spiro atoms. The largest absolute Gasteiger partial charge is 0.342 e. The van der Waals surface area contributed by atoms with E-state index in [4.69, 9.17) is 10.7 Å². The lowest BCUT2D eigenvalue weighted by Gasteiger charge is -2.42. The summed E-state index contributed by atoms with van der Waals surface area (Å²) in [5.41, 5.74) is 10.0. The van der Waals surface area contributed by atoms with E-state index in [0.717, 1.165) is 45.2 Å². The minimum Gasteiger partial charge on any atom is -0.342 e. The van der Waals surface area contributed by atoms with Crippen molar-refractivity contribution in [3.05, 3.63) is 81.3 Å². The molecule has 3 aromatic heterocycles. The van der Waals surface area contributed by atoms with Gasteiger partial charge in [0.1, 0.15) is 11.2 Å². The van der Waals surface area contributed by atoms with E-state index in [-0.39, 0.29) is 22.8 Å². The van der Waals surface area contributed by atoms with E-state index in [1.54, 1.807) is 12.3 Å². The number of hydrogen-bond donors (Lipinski definition) is 3. The highest BCUT2D eigenvalue weighted by Gasteiger charge is 2.51. The number of anilines is 1. The quantitative estimate of drug-likeness (QED) is 0.423. The number of nitrogens with one attached hydrogen (secondary N) is 2. The molecule has 1 saturated heterocycles. The van der Waals surface area contributed by atoms with E-state index in [1.165, 1.54) is 17.3 Å². The van der Waals surface area contributed by atoms with Crippen LogP contribution >= 0.6 is 0 Å². The maximum absolute atomic E-state index is 14.5. The van der Waals surface area contributed by atoms with Gasteiger partial charge in [-0.1, -0.05) is 24.3 Å². The third kappa shape index (κ3) is 2.94. The van der Waals surface area contributed by atoms with Crippen LogP contribution in [0.5, 0.6) is 0 Å². The van der Waals surface area contributed by atoms with E-state index in [1.807, 2.05) is 0 Å². The first kappa shape index (κ1) is 20.8. The van der Waals surface area contributed by atoms with Crippen LogP contribution in [0.15, 0.2) is 47.5 Å². The number of nitrogens with two attached hydrogens (primary N) is 1. The zero-order chi connectivity index (χ0) is 23.8. The first-order valence-electron chi connectivity index (χ1n) is 12.2. The van der Waals surface area contributed by atoms with Crippen LogP contribution in [0.3, 0.4) is 0 Å². The van der Waals surface area contributed by atoms with Gasteiger partial charge in [-0.05, 0) is 54.7 Å².